The van der Waals surface area contributed by atoms with E-state index in [0.717, 1.165) is 16.6 Å². The minimum atomic E-state index is -3.93. The Kier molecular flexibility index (Phi) is 21.5. The number of sulfonamides is 1. The highest BCUT2D eigenvalue weighted by atomic mass is 35.5. The number of pyridine rings is 1. The number of carbonyl (C=O) groups excluding carboxylic acids is 2. The van der Waals surface area contributed by atoms with Crippen LogP contribution in [0.2, 0.25) is 5.15 Å². The van der Waals surface area contributed by atoms with Gasteiger partial charge in [-0.05, 0) is 59.2 Å². The fraction of sp³-hybridized carbons (Fsp3) is 0.311. The zero-order valence-electron chi connectivity index (χ0n) is 39.3. The molecule has 0 spiro atoms. The lowest BCUT2D eigenvalue weighted by molar-refractivity contribution is 0.0508. The number of aliphatic hydroxyl groups excluding tert-OH is 1. The van der Waals surface area contributed by atoms with E-state index in [2.05, 4.69) is 55.9 Å². The molecule has 0 aliphatic carbocycles. The maximum absolute atomic E-state index is 11.8. The number of nitrogens with one attached hydrogen (secondary N) is 3. The van der Waals surface area contributed by atoms with Crippen LogP contribution in [0.5, 0.6) is 11.8 Å². The number of alkyl carbamates (subject to hydrolysis) is 2. The summed E-state index contributed by atoms with van der Waals surface area (Å²) >= 11 is 5.37. The highest BCUT2D eigenvalue weighted by Crippen LogP contribution is 2.31. The number of hydrogen-bond acceptors (Lipinski definition) is 19. The van der Waals surface area contributed by atoms with Gasteiger partial charge in [-0.3, -0.25) is 19.9 Å². The van der Waals surface area contributed by atoms with E-state index in [4.69, 9.17) is 45.8 Å². The summed E-state index contributed by atoms with van der Waals surface area (Å²) in [7, 11) is -3.93. The van der Waals surface area contributed by atoms with E-state index in [-0.39, 0.29) is 23.9 Å². The fourth-order valence-electron chi connectivity index (χ4n) is 5.24. The second kappa shape index (κ2) is 27.4. The molecule has 23 nitrogen and oxygen atoms in total. The summed E-state index contributed by atoms with van der Waals surface area (Å²) < 4.78 is 46.1. The number of halogens is 1. The van der Waals surface area contributed by atoms with Crippen LogP contribution in [0.25, 0.3) is 28.0 Å². The zero-order valence-corrected chi connectivity index (χ0v) is 40.8. The highest BCUT2D eigenvalue weighted by Gasteiger charge is 2.18. The van der Waals surface area contributed by atoms with E-state index in [0.29, 0.717) is 54.6 Å². The summed E-state index contributed by atoms with van der Waals surface area (Å²) in [5.74, 6) is 1.67. The van der Waals surface area contributed by atoms with Crippen molar-refractivity contribution in [3.63, 3.8) is 0 Å². The number of fused-ring (bicyclic) bond motifs is 1. The largest absolute Gasteiger partial charge is 0.475 e. The predicted molar refractivity (Wildman–Crippen MR) is 259 cm³/mol. The van der Waals surface area contributed by atoms with E-state index in [1.54, 1.807) is 56.3 Å². The van der Waals surface area contributed by atoms with Crippen LogP contribution in [-0.2, 0) is 19.5 Å². The lowest BCUT2D eigenvalue weighted by Crippen LogP contribution is -2.34. The van der Waals surface area contributed by atoms with E-state index >= 15 is 0 Å². The summed E-state index contributed by atoms with van der Waals surface area (Å²) in [6.45, 7) is 12.3. The molecule has 0 aliphatic heterocycles. The van der Waals surface area contributed by atoms with Crippen molar-refractivity contribution in [1.29, 1.82) is 0 Å². The maximum Gasteiger partial charge on any atom is 0.407 e. The Balaban J connectivity index is 0.000000250. The highest BCUT2D eigenvalue weighted by molar-refractivity contribution is 7.89. The van der Waals surface area contributed by atoms with Gasteiger partial charge in [-0.15, -0.1) is 5.10 Å². The normalized spacial score (nSPS) is 10.9. The SMILES string of the molecule is CC(C)(C)OC(=O)NCCO.CC(C)(C)OC(=O)NCCOc1cnccn1.Clc1cnccn1.NS(=O)(=O)c1cncc(-c2nc(NCCOc3cnccn3)c3c(-c4ccccc4)ccn3n2)c1. The summed E-state index contributed by atoms with van der Waals surface area (Å²) in [5.41, 5.74) is 2.14. The van der Waals surface area contributed by atoms with Crippen LogP contribution in [-0.4, -0.2) is 126 Å². The molecule has 6 aromatic heterocycles. The number of anilines is 1. The molecule has 0 unspecified atom stereocenters. The molecule has 0 fully saturated rings. The van der Waals surface area contributed by atoms with Crippen LogP contribution in [0.3, 0.4) is 0 Å². The van der Waals surface area contributed by atoms with Gasteiger partial charge in [0.05, 0.1) is 38.3 Å². The first-order valence-corrected chi connectivity index (χ1v) is 23.1. The summed E-state index contributed by atoms with van der Waals surface area (Å²) in [6.07, 6.45) is 17.4. The Bertz CT molecular complexity index is 2770. The molecular weight excluding hydrogens is 948 g/mol. The van der Waals surface area contributed by atoms with Crippen molar-refractivity contribution in [2.45, 2.75) is 57.6 Å². The number of carbonyl (C=O) groups is 2. The first-order valence-electron chi connectivity index (χ1n) is 21.2. The molecule has 6 N–H and O–H groups in total. The number of primary sulfonamides is 1. The van der Waals surface area contributed by atoms with Gasteiger partial charge in [-0.2, -0.15) is 0 Å². The summed E-state index contributed by atoms with van der Waals surface area (Å²) in [4.78, 5) is 53.8. The van der Waals surface area contributed by atoms with Crippen LogP contribution >= 0.6 is 11.6 Å². The molecule has 25 heteroatoms. The number of nitrogens with two attached hydrogens (primary N) is 1. The van der Waals surface area contributed by atoms with Gasteiger partial charge in [-0.1, -0.05) is 41.9 Å². The Morgan fingerprint density at radius 2 is 1.29 bits per heavy atom. The van der Waals surface area contributed by atoms with Crippen molar-refractivity contribution >= 4 is 45.1 Å². The molecule has 2 amide bonds. The van der Waals surface area contributed by atoms with Crippen molar-refractivity contribution in [1.82, 2.24) is 60.1 Å². The minimum absolute atomic E-state index is 0.0702. The van der Waals surface area contributed by atoms with E-state index in [1.807, 2.05) is 63.4 Å². The van der Waals surface area contributed by atoms with Crippen LogP contribution in [0.4, 0.5) is 15.4 Å². The third-order valence-corrected chi connectivity index (χ3v) is 9.03. The molecule has 0 aliphatic rings. The standard InChI is InChI=1S/C23H20N8O3S.C11H17N3O3.C7H15NO3.C4H3ClN2/c24-35(32,33)18-12-17(13-26-14-18)22-29-23(28-9-11-34-20-15-25-7-8-27-20)21-19(6-10-31(21)30-22)16-4-2-1-3-5-16;1-11(2,3)17-10(15)14-6-7-16-9-8-12-4-5-13-9;1-7(2,3)11-6(10)8-4-5-9;5-4-3-6-1-2-7-4/h1-8,10,12-15H,9,11H2,(H2,24,32,33)(H,28,29,30);4-5,8H,6-7H2,1-3H3,(H,14,15);9H,4-5H2,1-3H3,(H,8,10);1-3H. The molecule has 70 heavy (non-hydrogen) atoms. The van der Waals surface area contributed by atoms with Gasteiger partial charge in [0, 0.05) is 73.4 Å². The lowest BCUT2D eigenvalue weighted by Gasteiger charge is -2.19. The Morgan fingerprint density at radius 3 is 1.79 bits per heavy atom. The first kappa shape index (κ1) is 54.9. The predicted octanol–water partition coefficient (Wildman–Crippen LogP) is 5.40. The molecule has 7 aromatic rings. The fourth-order valence-corrected chi connectivity index (χ4v) is 5.85. The monoisotopic (exact) mass is 1000 g/mol. The van der Waals surface area contributed by atoms with Gasteiger partial charge < -0.3 is 40.0 Å². The Morgan fingerprint density at radius 1 is 0.714 bits per heavy atom. The third-order valence-electron chi connectivity index (χ3n) is 7.95. The lowest BCUT2D eigenvalue weighted by atomic mass is 10.1. The number of aliphatic hydroxyl groups is 1. The number of rotatable bonds is 14. The smallest absolute Gasteiger partial charge is 0.407 e. The number of ether oxygens (including phenoxy) is 4. The summed E-state index contributed by atoms with van der Waals surface area (Å²) in [6, 6.07) is 13.2. The number of nitrogens with zero attached hydrogens (tertiary/aromatic N) is 10. The topological polar surface area (TPSA) is 308 Å². The molecule has 6 heterocycles. The maximum atomic E-state index is 11.8. The molecule has 7 rings (SSSR count). The van der Waals surface area contributed by atoms with Gasteiger partial charge in [0.2, 0.25) is 21.8 Å². The molecule has 0 bridgehead atoms. The van der Waals surface area contributed by atoms with Gasteiger partial charge in [-0.25, -0.2) is 47.6 Å². The van der Waals surface area contributed by atoms with E-state index in [1.165, 1.54) is 43.2 Å². The van der Waals surface area contributed by atoms with Crippen molar-refractivity contribution < 1.29 is 42.1 Å². The van der Waals surface area contributed by atoms with Crippen LogP contribution in [0.1, 0.15) is 41.5 Å². The third kappa shape index (κ3) is 20.7. The van der Waals surface area contributed by atoms with E-state index < -0.39 is 33.4 Å². The quantitative estimate of drug-likeness (QED) is 0.0852. The molecular formula is C45H55ClN14O9S. The van der Waals surface area contributed by atoms with Crippen LogP contribution in [0, 0.1) is 0 Å². The molecule has 0 radical (unpaired) electrons. The second-order valence-electron chi connectivity index (χ2n) is 15.9. The minimum Gasteiger partial charge on any atom is -0.475 e. The van der Waals surface area contributed by atoms with Crippen molar-refractivity contribution in [2.24, 2.45) is 5.14 Å². The van der Waals surface area contributed by atoms with Crippen molar-refractivity contribution in [3.8, 4) is 34.3 Å². The number of aromatic nitrogens is 10. The molecule has 0 saturated heterocycles. The molecule has 0 atom stereocenters. The second-order valence-corrected chi connectivity index (χ2v) is 17.9. The number of amides is 2. The van der Waals surface area contributed by atoms with Crippen LogP contribution < -0.4 is 30.6 Å². The molecule has 1 aromatic carbocycles. The average Bonchev–Trinajstić information content (AvgIpc) is 3.76. The van der Waals surface area contributed by atoms with Crippen molar-refractivity contribution in [2.75, 3.05) is 44.8 Å². The average molecular weight is 1000 g/mol. The molecule has 0 saturated carbocycles. The van der Waals surface area contributed by atoms with Gasteiger partial charge in [0.25, 0.3) is 0 Å². The Hall–Kier alpha value is -7.67. The van der Waals surface area contributed by atoms with Gasteiger partial charge >= 0.3 is 12.2 Å². The zero-order chi connectivity index (χ0) is 51.0. The van der Waals surface area contributed by atoms with E-state index in [9.17, 15) is 18.0 Å². The van der Waals surface area contributed by atoms with Crippen molar-refractivity contribution in [3.05, 3.63) is 122 Å². The number of hydrogen-bond donors (Lipinski definition) is 5. The molecule has 372 valence electrons. The number of benzene rings is 1. The first-order chi connectivity index (χ1) is 33.3. The van der Waals surface area contributed by atoms with Crippen LogP contribution in [0.15, 0.2) is 122 Å². The summed E-state index contributed by atoms with van der Waals surface area (Å²) in [5, 5.41) is 26.9. The van der Waals surface area contributed by atoms with Gasteiger partial charge in [0.1, 0.15) is 40.0 Å². The Labute approximate surface area is 409 Å². The van der Waals surface area contributed by atoms with Gasteiger partial charge in [0.15, 0.2) is 11.6 Å².